The van der Waals surface area contributed by atoms with Gasteiger partial charge in [0, 0.05) is 6.20 Å². The molecule has 1 amide bonds. The second-order valence-corrected chi connectivity index (χ2v) is 5.73. The van der Waals surface area contributed by atoms with Gasteiger partial charge in [-0.1, -0.05) is 18.2 Å². The van der Waals surface area contributed by atoms with E-state index in [2.05, 4.69) is 10.4 Å². The summed E-state index contributed by atoms with van der Waals surface area (Å²) < 4.78 is 13.3. The first-order chi connectivity index (χ1) is 11.7. The summed E-state index contributed by atoms with van der Waals surface area (Å²) >= 11 is 0. The molecule has 0 saturated carbocycles. The van der Waals surface area contributed by atoms with E-state index < -0.39 is 6.10 Å². The highest BCUT2D eigenvalue weighted by Gasteiger charge is 2.33. The molecule has 6 heteroatoms. The van der Waals surface area contributed by atoms with Crippen molar-refractivity contribution >= 4 is 11.4 Å². The first kappa shape index (κ1) is 14.6. The van der Waals surface area contributed by atoms with Gasteiger partial charge in [-0.15, -0.1) is 0 Å². The smallest absolute Gasteiger partial charge is 0.265 e. The van der Waals surface area contributed by atoms with Crippen molar-refractivity contribution in [1.82, 2.24) is 14.9 Å². The van der Waals surface area contributed by atoms with Crippen LogP contribution in [0.25, 0.3) is 5.52 Å². The number of nitrogens with zero attached hydrogens (tertiary/aromatic N) is 2. The monoisotopic (exact) mass is 323 g/mol. The average Bonchev–Trinajstić information content (AvgIpc) is 3.02. The number of hydrogen-bond donors (Lipinski definition) is 1. The largest absolute Gasteiger partial charge is 0.482 e. The number of ether oxygens (including phenoxy) is 2. The number of carbonyl (C=O) groups is 1. The van der Waals surface area contributed by atoms with Crippen LogP contribution in [0.3, 0.4) is 0 Å². The summed E-state index contributed by atoms with van der Waals surface area (Å²) in [6, 6.07) is 15.1. The van der Waals surface area contributed by atoms with Gasteiger partial charge >= 0.3 is 0 Å². The van der Waals surface area contributed by atoms with Gasteiger partial charge in [0.25, 0.3) is 5.91 Å². The predicted molar refractivity (Wildman–Crippen MR) is 88.0 cm³/mol. The minimum atomic E-state index is -0.683. The lowest BCUT2D eigenvalue weighted by molar-refractivity contribution is -0.133. The number of hydrogen-bond acceptors (Lipinski definition) is 4. The molecule has 3 aromatic rings. The van der Waals surface area contributed by atoms with E-state index in [0.717, 1.165) is 11.2 Å². The Morgan fingerprint density at radius 1 is 1.17 bits per heavy atom. The Kier molecular flexibility index (Phi) is 3.57. The zero-order valence-corrected chi connectivity index (χ0v) is 13.2. The van der Waals surface area contributed by atoms with Crippen LogP contribution in [0.4, 0.5) is 0 Å². The molecule has 0 fully saturated rings. The van der Waals surface area contributed by atoms with Crippen LogP contribution < -0.4 is 14.8 Å². The van der Waals surface area contributed by atoms with Crippen molar-refractivity contribution in [2.45, 2.75) is 25.7 Å². The van der Waals surface area contributed by atoms with Crippen molar-refractivity contribution < 1.29 is 14.3 Å². The van der Waals surface area contributed by atoms with Crippen LogP contribution in [0.2, 0.25) is 0 Å². The molecule has 122 valence electrons. The van der Waals surface area contributed by atoms with Gasteiger partial charge in [-0.2, -0.15) is 5.10 Å². The third-order valence-corrected chi connectivity index (χ3v) is 3.97. The van der Waals surface area contributed by atoms with Crippen molar-refractivity contribution in [2.75, 3.05) is 0 Å². The van der Waals surface area contributed by atoms with Crippen LogP contribution >= 0.6 is 0 Å². The third-order valence-electron chi connectivity index (χ3n) is 3.97. The zero-order valence-electron chi connectivity index (χ0n) is 13.2. The van der Waals surface area contributed by atoms with Crippen molar-refractivity contribution in [3.8, 4) is 11.5 Å². The second kappa shape index (κ2) is 5.88. The maximum absolute atomic E-state index is 12.5. The van der Waals surface area contributed by atoms with E-state index in [9.17, 15) is 4.79 Å². The highest BCUT2D eigenvalue weighted by Crippen LogP contribution is 2.33. The topological polar surface area (TPSA) is 64.9 Å². The number of amides is 1. The van der Waals surface area contributed by atoms with E-state index >= 15 is 0 Å². The molecule has 1 aliphatic rings. The van der Waals surface area contributed by atoms with Gasteiger partial charge < -0.3 is 14.8 Å². The highest BCUT2D eigenvalue weighted by molar-refractivity contribution is 5.82. The summed E-state index contributed by atoms with van der Waals surface area (Å²) in [4.78, 5) is 12.5. The molecule has 0 bridgehead atoms. The molecule has 1 N–H and O–H groups in total. The number of pyridine rings is 1. The molecule has 3 heterocycles. The molecule has 24 heavy (non-hydrogen) atoms. The molecular weight excluding hydrogens is 306 g/mol. The van der Waals surface area contributed by atoms with Crippen molar-refractivity contribution in [3.05, 3.63) is 60.4 Å². The lowest BCUT2D eigenvalue weighted by atomic mass is 10.1. The second-order valence-electron chi connectivity index (χ2n) is 5.73. The standard InChI is InChI=1S/C18H17N3O3/c1-12-17(24-16-8-3-2-7-15(16)23-12)18(22)19-11-13-10-14-6-4-5-9-21(14)20-13/h2-10,12,17H,11H2,1H3,(H,19,22). The zero-order chi connectivity index (χ0) is 16.5. The van der Waals surface area contributed by atoms with Crippen LogP contribution in [0, 0.1) is 0 Å². The summed E-state index contributed by atoms with van der Waals surface area (Å²) in [6.45, 7) is 2.17. The fraction of sp³-hybridized carbons (Fsp3) is 0.222. The molecule has 1 aliphatic heterocycles. The van der Waals surface area contributed by atoms with Gasteiger partial charge in [-0.05, 0) is 37.3 Å². The number of rotatable bonds is 3. The molecule has 2 atom stereocenters. The van der Waals surface area contributed by atoms with Crippen molar-refractivity contribution in [2.24, 2.45) is 0 Å². The Bertz CT molecular complexity index is 857. The summed E-state index contributed by atoms with van der Waals surface area (Å²) in [5.74, 6) is 1.03. The Hall–Kier alpha value is -3.02. The van der Waals surface area contributed by atoms with Crippen LogP contribution in [0.15, 0.2) is 54.7 Å². The average molecular weight is 323 g/mol. The molecule has 2 unspecified atom stereocenters. The number of para-hydroxylation sites is 2. The van der Waals surface area contributed by atoms with Gasteiger partial charge in [0.1, 0.15) is 6.10 Å². The third kappa shape index (κ3) is 2.67. The van der Waals surface area contributed by atoms with E-state index in [1.807, 2.05) is 55.6 Å². The minimum absolute atomic E-state index is 0.214. The SMILES string of the molecule is CC1Oc2ccccc2OC1C(=O)NCc1cc2ccccn2n1. The van der Waals surface area contributed by atoms with Crippen molar-refractivity contribution in [1.29, 1.82) is 0 Å². The lowest BCUT2D eigenvalue weighted by Crippen LogP contribution is -2.48. The molecule has 2 aromatic heterocycles. The fourth-order valence-corrected chi connectivity index (χ4v) is 2.76. The number of nitrogens with one attached hydrogen (secondary N) is 1. The maximum Gasteiger partial charge on any atom is 0.265 e. The first-order valence-corrected chi connectivity index (χ1v) is 7.84. The molecule has 0 aliphatic carbocycles. The van der Waals surface area contributed by atoms with E-state index in [-0.39, 0.29) is 12.0 Å². The Morgan fingerprint density at radius 2 is 1.92 bits per heavy atom. The number of benzene rings is 1. The van der Waals surface area contributed by atoms with Gasteiger partial charge in [0.2, 0.25) is 6.10 Å². The first-order valence-electron chi connectivity index (χ1n) is 7.84. The summed E-state index contributed by atoms with van der Waals surface area (Å²) in [5, 5.41) is 7.29. The number of aromatic nitrogens is 2. The Morgan fingerprint density at radius 3 is 2.71 bits per heavy atom. The van der Waals surface area contributed by atoms with Crippen molar-refractivity contribution in [3.63, 3.8) is 0 Å². The fourth-order valence-electron chi connectivity index (χ4n) is 2.76. The Balaban J connectivity index is 1.44. The van der Waals surface area contributed by atoms with Gasteiger partial charge in [0.05, 0.1) is 17.8 Å². The van der Waals surface area contributed by atoms with Crippen LogP contribution in [-0.2, 0) is 11.3 Å². The molecule has 0 spiro atoms. The number of fused-ring (bicyclic) bond motifs is 2. The quantitative estimate of drug-likeness (QED) is 0.802. The molecule has 1 aromatic carbocycles. The predicted octanol–water partition coefficient (Wildman–Crippen LogP) is 2.18. The van der Waals surface area contributed by atoms with E-state index in [4.69, 9.17) is 9.47 Å². The maximum atomic E-state index is 12.5. The molecule has 0 saturated heterocycles. The van der Waals surface area contributed by atoms with E-state index in [1.165, 1.54) is 0 Å². The number of carbonyl (C=O) groups excluding carboxylic acids is 1. The normalized spacial score (nSPS) is 19.2. The van der Waals surface area contributed by atoms with E-state index in [1.54, 1.807) is 10.6 Å². The van der Waals surface area contributed by atoms with Gasteiger partial charge in [-0.25, -0.2) is 4.52 Å². The Labute approximate surface area is 139 Å². The van der Waals surface area contributed by atoms with Gasteiger partial charge in [0.15, 0.2) is 11.5 Å². The molecule has 0 radical (unpaired) electrons. The van der Waals surface area contributed by atoms with E-state index in [0.29, 0.717) is 18.0 Å². The summed E-state index contributed by atoms with van der Waals surface area (Å²) in [7, 11) is 0. The summed E-state index contributed by atoms with van der Waals surface area (Å²) in [5.41, 5.74) is 1.78. The lowest BCUT2D eigenvalue weighted by Gasteiger charge is -2.30. The van der Waals surface area contributed by atoms with Gasteiger partial charge in [-0.3, -0.25) is 4.79 Å². The highest BCUT2D eigenvalue weighted by atomic mass is 16.6. The van der Waals surface area contributed by atoms with Crippen LogP contribution in [-0.4, -0.2) is 27.7 Å². The van der Waals surface area contributed by atoms with Crippen LogP contribution in [0.1, 0.15) is 12.6 Å². The molecule has 4 rings (SSSR count). The minimum Gasteiger partial charge on any atom is -0.482 e. The molecule has 6 nitrogen and oxygen atoms in total. The summed E-state index contributed by atoms with van der Waals surface area (Å²) in [6.07, 6.45) is 0.829. The molecular formula is C18H17N3O3. The van der Waals surface area contributed by atoms with Crippen LogP contribution in [0.5, 0.6) is 11.5 Å².